The van der Waals surface area contributed by atoms with Gasteiger partial charge in [0.25, 0.3) is 5.70 Å². The summed E-state index contributed by atoms with van der Waals surface area (Å²) in [6.07, 6.45) is 12.0. The van der Waals surface area contributed by atoms with E-state index in [2.05, 4.69) is 53.9 Å². The molecule has 1 saturated carbocycles. The molecule has 1 fully saturated rings. The number of benzene rings is 1. The van der Waals surface area contributed by atoms with E-state index in [0.29, 0.717) is 6.42 Å². The van der Waals surface area contributed by atoms with E-state index in [0.717, 1.165) is 55.7 Å². The molecule has 3 rings (SSSR count). The molecule has 0 aromatic heterocycles. The van der Waals surface area contributed by atoms with E-state index in [9.17, 15) is 5.26 Å². The van der Waals surface area contributed by atoms with E-state index in [1.165, 1.54) is 12.1 Å². The quantitative estimate of drug-likeness (QED) is 0.443. The SMILES string of the molecule is [C-]#[N+]/C(C#N)=C1C=C(/C=C/c2ccc(N(CC)CC)cc2)OC2(CCCCC2)C\1. The molecule has 0 bridgehead atoms. The number of hydrogen-bond donors (Lipinski definition) is 0. The van der Waals surface area contributed by atoms with Gasteiger partial charge in [-0.1, -0.05) is 24.6 Å². The van der Waals surface area contributed by atoms with Crippen LogP contribution in [0.25, 0.3) is 10.9 Å². The Morgan fingerprint density at radius 3 is 2.45 bits per heavy atom. The first-order valence-electron chi connectivity index (χ1n) is 10.6. The molecule has 0 unspecified atom stereocenters. The minimum absolute atomic E-state index is 0.188. The number of anilines is 1. The van der Waals surface area contributed by atoms with Crippen LogP contribution in [0.4, 0.5) is 5.69 Å². The third-order valence-corrected chi connectivity index (χ3v) is 5.91. The molecule has 29 heavy (non-hydrogen) atoms. The van der Waals surface area contributed by atoms with Crippen LogP contribution in [0.5, 0.6) is 0 Å². The summed E-state index contributed by atoms with van der Waals surface area (Å²) in [7, 11) is 0. The average Bonchev–Trinajstić information content (AvgIpc) is 2.75. The Morgan fingerprint density at radius 2 is 1.86 bits per heavy atom. The van der Waals surface area contributed by atoms with Crippen LogP contribution in [0.3, 0.4) is 0 Å². The van der Waals surface area contributed by atoms with Crippen LogP contribution in [0, 0.1) is 17.9 Å². The number of ether oxygens (including phenoxy) is 1. The average molecular weight is 388 g/mol. The lowest BCUT2D eigenvalue weighted by molar-refractivity contribution is -0.0285. The fraction of sp³-hybridized carbons (Fsp3) is 0.440. The number of nitrogens with zero attached hydrogens (tertiary/aromatic N) is 3. The Labute approximate surface area is 174 Å². The number of allylic oxidation sites excluding steroid dienone is 3. The first kappa shape index (κ1) is 20.7. The molecule has 1 heterocycles. The monoisotopic (exact) mass is 387 g/mol. The van der Waals surface area contributed by atoms with E-state index in [-0.39, 0.29) is 11.3 Å². The highest BCUT2D eigenvalue weighted by atomic mass is 16.5. The van der Waals surface area contributed by atoms with Gasteiger partial charge in [0.2, 0.25) is 0 Å². The summed E-state index contributed by atoms with van der Waals surface area (Å²) in [4.78, 5) is 5.76. The fourth-order valence-electron chi connectivity index (χ4n) is 4.33. The molecule has 1 spiro atoms. The van der Waals surface area contributed by atoms with Crippen molar-refractivity contribution in [2.24, 2.45) is 0 Å². The van der Waals surface area contributed by atoms with Crippen LogP contribution in [-0.2, 0) is 4.74 Å². The predicted molar refractivity (Wildman–Crippen MR) is 118 cm³/mol. The first-order chi connectivity index (χ1) is 14.1. The second-order valence-electron chi connectivity index (χ2n) is 7.76. The molecule has 1 aliphatic carbocycles. The van der Waals surface area contributed by atoms with E-state index < -0.39 is 0 Å². The van der Waals surface area contributed by atoms with E-state index in [1.54, 1.807) is 0 Å². The molecule has 150 valence electrons. The maximum atomic E-state index is 9.36. The molecule has 0 saturated heterocycles. The molecular weight excluding hydrogens is 358 g/mol. The second kappa shape index (κ2) is 9.48. The van der Waals surface area contributed by atoms with Gasteiger partial charge in [-0.05, 0) is 75.0 Å². The Hall–Kier alpha value is -2.98. The minimum atomic E-state index is -0.262. The molecule has 0 N–H and O–H groups in total. The topological polar surface area (TPSA) is 40.6 Å². The van der Waals surface area contributed by atoms with Crippen molar-refractivity contribution in [2.45, 2.75) is 58.0 Å². The molecule has 0 amide bonds. The van der Waals surface area contributed by atoms with Crippen LogP contribution in [0.1, 0.15) is 57.9 Å². The van der Waals surface area contributed by atoms with Gasteiger partial charge in [-0.25, -0.2) is 10.1 Å². The van der Waals surface area contributed by atoms with E-state index in [1.807, 2.05) is 18.2 Å². The van der Waals surface area contributed by atoms with E-state index in [4.69, 9.17) is 11.3 Å². The van der Waals surface area contributed by atoms with Gasteiger partial charge < -0.3 is 9.64 Å². The Kier molecular flexibility index (Phi) is 6.78. The van der Waals surface area contributed by atoms with Gasteiger partial charge in [-0.15, -0.1) is 0 Å². The fourth-order valence-corrected chi connectivity index (χ4v) is 4.33. The van der Waals surface area contributed by atoms with Crippen molar-refractivity contribution in [3.63, 3.8) is 0 Å². The number of hydrogen-bond acceptors (Lipinski definition) is 3. The normalized spacial score (nSPS) is 19.8. The molecule has 0 radical (unpaired) electrons. The summed E-state index contributed by atoms with van der Waals surface area (Å²) in [5, 5.41) is 9.36. The summed E-state index contributed by atoms with van der Waals surface area (Å²) in [5.74, 6) is 0.748. The lowest BCUT2D eigenvalue weighted by atomic mass is 9.78. The maximum absolute atomic E-state index is 9.36. The van der Waals surface area contributed by atoms with Crippen molar-refractivity contribution < 1.29 is 4.74 Å². The van der Waals surface area contributed by atoms with Crippen LogP contribution < -0.4 is 4.90 Å². The summed E-state index contributed by atoms with van der Waals surface area (Å²) in [6.45, 7) is 13.6. The summed E-state index contributed by atoms with van der Waals surface area (Å²) in [6, 6.07) is 10.6. The highest BCUT2D eigenvalue weighted by Gasteiger charge is 2.38. The van der Waals surface area contributed by atoms with Gasteiger partial charge in [0.15, 0.2) is 0 Å². The maximum Gasteiger partial charge on any atom is 0.265 e. The van der Waals surface area contributed by atoms with Gasteiger partial charge in [-0.3, -0.25) is 0 Å². The van der Waals surface area contributed by atoms with Gasteiger partial charge in [0, 0.05) is 25.2 Å². The molecule has 4 nitrogen and oxygen atoms in total. The molecule has 1 aromatic carbocycles. The van der Waals surface area contributed by atoms with Crippen LogP contribution in [0.2, 0.25) is 0 Å². The van der Waals surface area contributed by atoms with Gasteiger partial charge in [0.1, 0.15) is 11.4 Å². The molecule has 0 atom stereocenters. The van der Waals surface area contributed by atoms with Crippen molar-refractivity contribution in [1.82, 2.24) is 0 Å². The summed E-state index contributed by atoms with van der Waals surface area (Å²) < 4.78 is 6.42. The van der Waals surface area contributed by atoms with E-state index >= 15 is 0 Å². The lowest BCUT2D eigenvalue weighted by Crippen LogP contribution is -2.37. The zero-order chi connectivity index (χ0) is 20.7. The van der Waals surface area contributed by atoms with Gasteiger partial charge in [-0.2, -0.15) is 0 Å². The molecule has 1 aliphatic heterocycles. The second-order valence-corrected chi connectivity index (χ2v) is 7.76. The van der Waals surface area contributed by atoms with Gasteiger partial charge >= 0.3 is 0 Å². The largest absolute Gasteiger partial charge is 0.487 e. The van der Waals surface area contributed by atoms with Crippen molar-refractivity contribution in [2.75, 3.05) is 18.0 Å². The Bertz CT molecular complexity index is 867. The van der Waals surface area contributed by atoms with Crippen LogP contribution >= 0.6 is 0 Å². The zero-order valence-electron chi connectivity index (χ0n) is 17.4. The minimum Gasteiger partial charge on any atom is -0.487 e. The highest BCUT2D eigenvalue weighted by molar-refractivity contribution is 5.58. The highest BCUT2D eigenvalue weighted by Crippen LogP contribution is 2.42. The van der Waals surface area contributed by atoms with Crippen molar-refractivity contribution >= 4 is 11.8 Å². The van der Waals surface area contributed by atoms with Crippen molar-refractivity contribution in [3.8, 4) is 6.07 Å². The summed E-state index contributed by atoms with van der Waals surface area (Å²) in [5.41, 5.74) is 3.06. The molecule has 2 aliphatic rings. The zero-order valence-corrected chi connectivity index (χ0v) is 17.4. The third-order valence-electron chi connectivity index (χ3n) is 5.91. The first-order valence-corrected chi connectivity index (χ1v) is 10.6. The van der Waals surface area contributed by atoms with Gasteiger partial charge in [0.05, 0.1) is 12.6 Å². The molecule has 1 aromatic rings. The lowest BCUT2D eigenvalue weighted by Gasteiger charge is -2.41. The predicted octanol–water partition coefficient (Wildman–Crippen LogP) is 6.25. The Morgan fingerprint density at radius 1 is 1.17 bits per heavy atom. The smallest absolute Gasteiger partial charge is 0.265 e. The third kappa shape index (κ3) is 4.90. The number of rotatable bonds is 5. The number of nitriles is 1. The van der Waals surface area contributed by atoms with Crippen LogP contribution in [0.15, 0.2) is 53.4 Å². The van der Waals surface area contributed by atoms with Crippen molar-refractivity contribution in [3.05, 3.63) is 70.4 Å². The standard InChI is InChI=1S/C25H29N3O/c1-4-28(5-2)22-12-9-20(10-13-22)11-14-23-17-21(24(19-26)27-3)18-25(29-23)15-7-6-8-16-25/h9-14,17H,4-8,15-16,18H2,1-2H3/b14-11+,24-21+. The van der Waals surface area contributed by atoms with Crippen LogP contribution in [-0.4, -0.2) is 18.7 Å². The molecular formula is C25H29N3O. The van der Waals surface area contributed by atoms with Crippen molar-refractivity contribution in [1.29, 1.82) is 5.26 Å². The Balaban J connectivity index is 1.85. The molecule has 4 heteroatoms. The summed E-state index contributed by atoms with van der Waals surface area (Å²) >= 11 is 0.